The number of aromatic nitrogens is 2. The van der Waals surface area contributed by atoms with E-state index in [9.17, 15) is 19.5 Å². The number of nitrogens with zero attached hydrogens (tertiary/aromatic N) is 2. The quantitative estimate of drug-likeness (QED) is 0.198. The maximum atomic E-state index is 12.1. The van der Waals surface area contributed by atoms with Gasteiger partial charge < -0.3 is 41.8 Å². The first-order valence-electron chi connectivity index (χ1n) is 9.14. The molecular weight excluding hydrogens is 388 g/mol. The number of carbonyl (C=O) groups is 3. The van der Waals surface area contributed by atoms with Gasteiger partial charge >= 0.3 is 18.0 Å². The molecule has 1 rings (SSSR count). The van der Waals surface area contributed by atoms with Crippen LogP contribution in [-0.4, -0.2) is 62.2 Å². The van der Waals surface area contributed by atoms with Crippen LogP contribution in [0, 0.1) is 0 Å². The van der Waals surface area contributed by atoms with E-state index in [1.54, 1.807) is 0 Å². The molecule has 29 heavy (non-hydrogen) atoms. The molecule has 2 unspecified atom stereocenters. The van der Waals surface area contributed by atoms with Crippen LogP contribution in [-0.2, 0) is 9.59 Å². The van der Waals surface area contributed by atoms with Crippen molar-refractivity contribution in [3.05, 3.63) is 11.8 Å². The molecule has 4 atom stereocenters. The molecule has 1 aromatic heterocycles. The topological polar surface area (TPSA) is 227 Å². The summed E-state index contributed by atoms with van der Waals surface area (Å²) in [7, 11) is 0. The molecule has 0 spiro atoms. The standard InChI is InChI=1S/C16H28N6O7/c1-8(23)12(15(26)27)20-16(28)19-10(5-6-11(24)25)14-22-21-13(29-14)9(18)4-2-3-7-17/h8-10,12,23H,2-7,17-18H2,1H3,(H,24,25)(H,26,27)(H2,19,20,28)/t8?,9-,10-,12?/m0/s1. The van der Waals surface area contributed by atoms with Gasteiger partial charge in [0, 0.05) is 6.42 Å². The van der Waals surface area contributed by atoms with E-state index < -0.39 is 42.2 Å². The minimum Gasteiger partial charge on any atom is -0.481 e. The number of unbranched alkanes of at least 4 members (excludes halogenated alkanes) is 1. The molecule has 0 fully saturated rings. The molecule has 13 heteroatoms. The first-order valence-corrected chi connectivity index (χ1v) is 9.14. The Morgan fingerprint density at radius 2 is 1.76 bits per heavy atom. The fourth-order valence-electron chi connectivity index (χ4n) is 2.42. The van der Waals surface area contributed by atoms with E-state index in [0.29, 0.717) is 13.0 Å². The number of nitrogens with two attached hydrogens (primary N) is 2. The summed E-state index contributed by atoms with van der Waals surface area (Å²) in [6.45, 7) is 1.74. The molecule has 2 amide bonds. The van der Waals surface area contributed by atoms with Crippen LogP contribution < -0.4 is 22.1 Å². The average molecular weight is 416 g/mol. The SMILES string of the molecule is CC(O)C(NC(=O)N[C@@H](CCC(=O)O)c1nnc([C@@H](N)CCCCN)o1)C(=O)O. The van der Waals surface area contributed by atoms with E-state index >= 15 is 0 Å². The van der Waals surface area contributed by atoms with Crippen LogP contribution in [0.5, 0.6) is 0 Å². The number of carboxylic acids is 2. The van der Waals surface area contributed by atoms with E-state index in [4.69, 9.17) is 26.1 Å². The summed E-state index contributed by atoms with van der Waals surface area (Å²) in [5.74, 6) is -2.47. The monoisotopic (exact) mass is 416 g/mol. The number of hydrogen-bond donors (Lipinski definition) is 7. The Hall–Kier alpha value is -2.77. The van der Waals surface area contributed by atoms with E-state index in [0.717, 1.165) is 12.8 Å². The number of aliphatic hydroxyl groups is 1. The molecule has 0 aromatic carbocycles. The number of carbonyl (C=O) groups excluding carboxylic acids is 1. The highest BCUT2D eigenvalue weighted by Gasteiger charge is 2.28. The molecular formula is C16H28N6O7. The predicted molar refractivity (Wildman–Crippen MR) is 98.5 cm³/mol. The van der Waals surface area contributed by atoms with Crippen LogP contribution >= 0.6 is 0 Å². The van der Waals surface area contributed by atoms with Crippen molar-refractivity contribution in [1.82, 2.24) is 20.8 Å². The Kier molecular flexibility index (Phi) is 9.99. The second-order valence-corrected chi connectivity index (χ2v) is 6.53. The largest absolute Gasteiger partial charge is 0.481 e. The first-order chi connectivity index (χ1) is 13.6. The Bertz CT molecular complexity index is 680. The molecule has 0 saturated heterocycles. The highest BCUT2D eigenvalue weighted by Crippen LogP contribution is 2.21. The Labute approximate surface area is 166 Å². The van der Waals surface area contributed by atoms with E-state index in [1.165, 1.54) is 6.92 Å². The summed E-state index contributed by atoms with van der Waals surface area (Å²) >= 11 is 0. The zero-order chi connectivity index (χ0) is 22.0. The third-order valence-corrected chi connectivity index (χ3v) is 4.03. The van der Waals surface area contributed by atoms with Gasteiger partial charge in [-0.1, -0.05) is 6.42 Å². The summed E-state index contributed by atoms with van der Waals surface area (Å²) < 4.78 is 5.49. The van der Waals surface area contributed by atoms with Crippen molar-refractivity contribution < 1.29 is 34.1 Å². The third-order valence-electron chi connectivity index (χ3n) is 4.03. The number of aliphatic hydroxyl groups excluding tert-OH is 1. The second kappa shape index (κ2) is 11.9. The van der Waals surface area contributed by atoms with Gasteiger partial charge in [0.1, 0.15) is 6.04 Å². The van der Waals surface area contributed by atoms with Crippen molar-refractivity contribution in [3.63, 3.8) is 0 Å². The lowest BCUT2D eigenvalue weighted by Gasteiger charge is -2.20. The minimum absolute atomic E-state index is 0.0606. The maximum Gasteiger partial charge on any atom is 0.328 e. The van der Waals surface area contributed by atoms with Crippen molar-refractivity contribution in [3.8, 4) is 0 Å². The molecule has 9 N–H and O–H groups in total. The van der Waals surface area contributed by atoms with Crippen molar-refractivity contribution in [2.24, 2.45) is 11.5 Å². The molecule has 0 aliphatic heterocycles. The number of aliphatic carboxylic acids is 2. The van der Waals surface area contributed by atoms with Gasteiger partial charge in [0.25, 0.3) is 0 Å². The summed E-state index contributed by atoms with van der Waals surface area (Å²) in [6.07, 6.45) is 0.349. The van der Waals surface area contributed by atoms with Gasteiger partial charge in [-0.3, -0.25) is 4.79 Å². The Balaban J connectivity index is 2.86. The Morgan fingerprint density at radius 3 is 2.31 bits per heavy atom. The van der Waals surface area contributed by atoms with Crippen LogP contribution in [0.4, 0.5) is 4.79 Å². The first kappa shape index (κ1) is 24.3. The third kappa shape index (κ3) is 8.41. The molecule has 1 heterocycles. The van der Waals surface area contributed by atoms with Crippen molar-refractivity contribution in [1.29, 1.82) is 0 Å². The number of urea groups is 1. The molecule has 0 radical (unpaired) electrons. The van der Waals surface area contributed by atoms with Gasteiger partial charge in [0.15, 0.2) is 6.04 Å². The number of nitrogens with one attached hydrogen (secondary N) is 2. The van der Waals surface area contributed by atoms with E-state index in [2.05, 4.69) is 20.8 Å². The Morgan fingerprint density at radius 1 is 1.10 bits per heavy atom. The van der Waals surface area contributed by atoms with Crippen molar-refractivity contribution in [2.75, 3.05) is 6.54 Å². The van der Waals surface area contributed by atoms with Crippen LogP contribution in [0.2, 0.25) is 0 Å². The van der Waals surface area contributed by atoms with Gasteiger partial charge in [-0.05, 0) is 32.7 Å². The smallest absolute Gasteiger partial charge is 0.328 e. The fraction of sp³-hybridized carbons (Fsp3) is 0.688. The fourth-order valence-corrected chi connectivity index (χ4v) is 2.42. The normalized spacial score (nSPS) is 15.2. The van der Waals surface area contributed by atoms with Gasteiger partial charge in [0.05, 0.1) is 12.1 Å². The zero-order valence-corrected chi connectivity index (χ0v) is 16.1. The summed E-state index contributed by atoms with van der Waals surface area (Å²) in [5, 5.41) is 39.5. The van der Waals surface area contributed by atoms with Crippen LogP contribution in [0.1, 0.15) is 62.9 Å². The highest BCUT2D eigenvalue weighted by atomic mass is 16.4. The van der Waals surface area contributed by atoms with Gasteiger partial charge in [0.2, 0.25) is 11.8 Å². The number of rotatable bonds is 13. The molecule has 0 saturated carbocycles. The lowest BCUT2D eigenvalue weighted by atomic mass is 10.1. The van der Waals surface area contributed by atoms with Gasteiger partial charge in [-0.15, -0.1) is 10.2 Å². The van der Waals surface area contributed by atoms with Crippen LogP contribution in [0.25, 0.3) is 0 Å². The van der Waals surface area contributed by atoms with Crippen molar-refractivity contribution in [2.45, 2.75) is 63.3 Å². The van der Waals surface area contributed by atoms with Crippen LogP contribution in [0.15, 0.2) is 4.42 Å². The highest BCUT2D eigenvalue weighted by molar-refractivity contribution is 5.83. The number of hydrogen-bond acceptors (Lipinski definition) is 9. The molecule has 1 aromatic rings. The molecule has 13 nitrogen and oxygen atoms in total. The molecule has 0 bridgehead atoms. The van der Waals surface area contributed by atoms with Crippen LogP contribution in [0.3, 0.4) is 0 Å². The second-order valence-electron chi connectivity index (χ2n) is 6.53. The summed E-state index contributed by atoms with van der Waals surface area (Å²) in [6, 6.07) is -4.03. The van der Waals surface area contributed by atoms with E-state index in [1.807, 2.05) is 0 Å². The molecule has 0 aliphatic carbocycles. The maximum absolute atomic E-state index is 12.1. The van der Waals surface area contributed by atoms with Gasteiger partial charge in [-0.25, -0.2) is 9.59 Å². The average Bonchev–Trinajstić information content (AvgIpc) is 3.12. The lowest BCUT2D eigenvalue weighted by Crippen LogP contribution is -2.51. The zero-order valence-electron chi connectivity index (χ0n) is 16.1. The summed E-state index contributed by atoms with van der Waals surface area (Å²) in [5.41, 5.74) is 11.4. The molecule has 0 aliphatic rings. The van der Waals surface area contributed by atoms with Gasteiger partial charge in [-0.2, -0.15) is 0 Å². The lowest BCUT2D eigenvalue weighted by molar-refractivity contribution is -0.141. The number of amides is 2. The predicted octanol–water partition coefficient (Wildman–Crippen LogP) is -0.762. The number of carboxylic acid groups (broad SMARTS) is 2. The minimum atomic E-state index is -1.55. The van der Waals surface area contributed by atoms with Crippen molar-refractivity contribution >= 4 is 18.0 Å². The molecule has 164 valence electrons. The van der Waals surface area contributed by atoms with E-state index in [-0.39, 0.29) is 24.6 Å². The summed E-state index contributed by atoms with van der Waals surface area (Å²) in [4.78, 5) is 34.1.